The van der Waals surface area contributed by atoms with Crippen LogP contribution in [0.5, 0.6) is 0 Å². The quantitative estimate of drug-likeness (QED) is 0.851. The van der Waals surface area contributed by atoms with E-state index >= 15 is 0 Å². The van der Waals surface area contributed by atoms with Gasteiger partial charge in [0.2, 0.25) is 0 Å². The summed E-state index contributed by atoms with van der Waals surface area (Å²) in [5, 5.41) is 9.45. The van der Waals surface area contributed by atoms with Crippen molar-refractivity contribution in [1.82, 2.24) is 9.30 Å². The van der Waals surface area contributed by atoms with E-state index in [1.54, 1.807) is 0 Å². The van der Waals surface area contributed by atoms with Crippen molar-refractivity contribution < 1.29 is 0 Å². The standard InChI is InChI=1S/C17H21N3/c1-19(15-7-3-2-4-8-15)12-14-13-20-10-6-5-9-17(20)16(14)11-18/h5-6,9-10,13,15H,2-4,7-8,12H2,1H3. The lowest BCUT2D eigenvalue weighted by Crippen LogP contribution is -2.32. The van der Waals surface area contributed by atoms with Gasteiger partial charge in [0.15, 0.2) is 0 Å². The highest BCUT2D eigenvalue weighted by molar-refractivity contribution is 5.65. The van der Waals surface area contributed by atoms with E-state index in [0.717, 1.165) is 23.2 Å². The van der Waals surface area contributed by atoms with Crippen LogP contribution in [0.1, 0.15) is 43.2 Å². The van der Waals surface area contributed by atoms with Crippen LogP contribution in [0, 0.1) is 11.3 Å². The molecule has 1 saturated carbocycles. The fraction of sp³-hybridized carbons (Fsp3) is 0.471. The van der Waals surface area contributed by atoms with Gasteiger partial charge in [0.25, 0.3) is 0 Å². The summed E-state index contributed by atoms with van der Waals surface area (Å²) in [5.41, 5.74) is 2.99. The van der Waals surface area contributed by atoms with E-state index < -0.39 is 0 Å². The number of nitriles is 1. The maximum atomic E-state index is 9.45. The van der Waals surface area contributed by atoms with Gasteiger partial charge in [-0.2, -0.15) is 5.26 Å². The zero-order valence-electron chi connectivity index (χ0n) is 12.0. The van der Waals surface area contributed by atoms with Crippen molar-refractivity contribution in [2.45, 2.75) is 44.7 Å². The molecule has 0 atom stereocenters. The Hall–Kier alpha value is -1.79. The Labute approximate surface area is 120 Å². The van der Waals surface area contributed by atoms with Gasteiger partial charge in [0, 0.05) is 30.5 Å². The van der Waals surface area contributed by atoms with Gasteiger partial charge in [-0.15, -0.1) is 0 Å². The molecular formula is C17H21N3. The minimum absolute atomic E-state index is 0.679. The number of pyridine rings is 1. The average Bonchev–Trinajstić information content (AvgIpc) is 2.85. The second-order valence-corrected chi connectivity index (χ2v) is 5.84. The molecule has 1 aliphatic rings. The molecule has 0 radical (unpaired) electrons. The zero-order valence-corrected chi connectivity index (χ0v) is 12.0. The number of hydrogen-bond donors (Lipinski definition) is 0. The van der Waals surface area contributed by atoms with Crippen molar-refractivity contribution in [3.05, 3.63) is 41.7 Å². The third-order valence-corrected chi connectivity index (χ3v) is 4.49. The van der Waals surface area contributed by atoms with Gasteiger partial charge in [-0.25, -0.2) is 0 Å². The summed E-state index contributed by atoms with van der Waals surface area (Å²) in [4.78, 5) is 2.43. The maximum absolute atomic E-state index is 9.45. The summed E-state index contributed by atoms with van der Waals surface area (Å²) in [7, 11) is 2.19. The molecule has 0 unspecified atom stereocenters. The molecule has 2 heterocycles. The van der Waals surface area contributed by atoms with Gasteiger partial charge in [0.05, 0.1) is 11.1 Å². The molecule has 3 nitrogen and oxygen atoms in total. The first-order chi connectivity index (χ1) is 9.79. The Bertz CT molecular complexity index is 629. The molecule has 3 rings (SSSR count). The molecule has 0 aliphatic heterocycles. The lowest BCUT2D eigenvalue weighted by molar-refractivity contribution is 0.184. The van der Waals surface area contributed by atoms with Crippen LogP contribution in [0.3, 0.4) is 0 Å². The van der Waals surface area contributed by atoms with Crippen molar-refractivity contribution in [1.29, 1.82) is 5.26 Å². The highest BCUT2D eigenvalue weighted by atomic mass is 15.1. The lowest BCUT2D eigenvalue weighted by atomic mass is 9.94. The largest absolute Gasteiger partial charge is 0.322 e. The molecule has 0 bridgehead atoms. The van der Waals surface area contributed by atoms with Crippen molar-refractivity contribution in [2.75, 3.05) is 7.05 Å². The second kappa shape index (κ2) is 5.68. The molecule has 104 valence electrons. The third-order valence-electron chi connectivity index (χ3n) is 4.49. The predicted molar refractivity (Wildman–Crippen MR) is 80.5 cm³/mol. The van der Waals surface area contributed by atoms with Crippen LogP contribution in [0.25, 0.3) is 5.52 Å². The van der Waals surface area contributed by atoms with Crippen molar-refractivity contribution in [3.63, 3.8) is 0 Å². The highest BCUT2D eigenvalue weighted by Crippen LogP contribution is 2.25. The summed E-state index contributed by atoms with van der Waals surface area (Å²) in [6.07, 6.45) is 10.8. The Morgan fingerprint density at radius 1 is 1.30 bits per heavy atom. The van der Waals surface area contributed by atoms with Gasteiger partial charge >= 0.3 is 0 Å². The molecule has 2 aromatic heterocycles. The van der Waals surface area contributed by atoms with Crippen LogP contribution in [-0.2, 0) is 6.54 Å². The molecular weight excluding hydrogens is 246 g/mol. The Kier molecular flexibility index (Phi) is 3.75. The molecule has 2 aromatic rings. The lowest BCUT2D eigenvalue weighted by Gasteiger charge is -2.31. The van der Waals surface area contributed by atoms with Gasteiger partial charge in [-0.05, 0) is 32.0 Å². The van der Waals surface area contributed by atoms with Crippen LogP contribution in [-0.4, -0.2) is 22.4 Å². The maximum Gasteiger partial charge on any atom is 0.102 e. The number of aromatic nitrogens is 1. The highest BCUT2D eigenvalue weighted by Gasteiger charge is 2.20. The molecule has 0 saturated heterocycles. The van der Waals surface area contributed by atoms with Crippen molar-refractivity contribution in [3.8, 4) is 6.07 Å². The number of hydrogen-bond acceptors (Lipinski definition) is 2. The number of fused-ring (bicyclic) bond motifs is 1. The van der Waals surface area contributed by atoms with E-state index in [-0.39, 0.29) is 0 Å². The molecule has 1 fully saturated rings. The fourth-order valence-corrected chi connectivity index (χ4v) is 3.35. The van der Waals surface area contributed by atoms with Gasteiger partial charge in [0.1, 0.15) is 6.07 Å². The molecule has 0 N–H and O–H groups in total. The van der Waals surface area contributed by atoms with E-state index in [2.05, 4.69) is 28.6 Å². The summed E-state index contributed by atoms with van der Waals surface area (Å²) in [5.74, 6) is 0. The molecule has 1 aliphatic carbocycles. The van der Waals surface area contributed by atoms with Crippen LogP contribution < -0.4 is 0 Å². The molecule has 20 heavy (non-hydrogen) atoms. The Morgan fingerprint density at radius 2 is 2.10 bits per heavy atom. The second-order valence-electron chi connectivity index (χ2n) is 5.84. The van der Waals surface area contributed by atoms with Crippen LogP contribution in [0.2, 0.25) is 0 Å². The first-order valence-corrected chi connectivity index (χ1v) is 7.48. The van der Waals surface area contributed by atoms with Crippen LogP contribution >= 0.6 is 0 Å². The summed E-state index contributed by atoms with van der Waals surface area (Å²) in [6.45, 7) is 0.870. The Balaban J connectivity index is 1.85. The van der Waals surface area contributed by atoms with Gasteiger partial charge in [-0.3, -0.25) is 4.90 Å². The Morgan fingerprint density at radius 3 is 2.85 bits per heavy atom. The summed E-state index contributed by atoms with van der Waals surface area (Å²) in [6, 6.07) is 9.07. The van der Waals surface area contributed by atoms with Crippen molar-refractivity contribution >= 4 is 5.52 Å². The van der Waals surface area contributed by atoms with E-state index in [9.17, 15) is 5.26 Å². The van der Waals surface area contributed by atoms with Gasteiger partial charge < -0.3 is 4.40 Å². The van der Waals surface area contributed by atoms with Crippen molar-refractivity contribution in [2.24, 2.45) is 0 Å². The monoisotopic (exact) mass is 267 g/mol. The van der Waals surface area contributed by atoms with Gasteiger partial charge in [-0.1, -0.05) is 25.3 Å². The fourth-order valence-electron chi connectivity index (χ4n) is 3.35. The van der Waals surface area contributed by atoms with Crippen LogP contribution in [0.15, 0.2) is 30.6 Å². The minimum atomic E-state index is 0.679. The molecule has 3 heteroatoms. The molecule has 0 amide bonds. The molecule has 0 aromatic carbocycles. The average molecular weight is 267 g/mol. The minimum Gasteiger partial charge on any atom is -0.322 e. The predicted octanol–water partition coefficient (Wildman–Crippen LogP) is 3.58. The van der Waals surface area contributed by atoms with E-state index in [4.69, 9.17) is 0 Å². The zero-order chi connectivity index (χ0) is 13.9. The topological polar surface area (TPSA) is 31.4 Å². The first kappa shape index (κ1) is 13.2. The number of nitrogens with zero attached hydrogens (tertiary/aromatic N) is 3. The normalized spacial score (nSPS) is 16.6. The van der Waals surface area contributed by atoms with E-state index in [1.165, 1.54) is 32.1 Å². The SMILES string of the molecule is CN(Cc1cn2ccccc2c1C#N)C1CCCCC1. The number of rotatable bonds is 3. The summed E-state index contributed by atoms with van der Waals surface area (Å²) >= 11 is 0. The first-order valence-electron chi connectivity index (χ1n) is 7.48. The third kappa shape index (κ3) is 2.44. The molecule has 0 spiro atoms. The summed E-state index contributed by atoms with van der Waals surface area (Å²) < 4.78 is 2.06. The smallest absolute Gasteiger partial charge is 0.102 e. The van der Waals surface area contributed by atoms with E-state index in [1.807, 2.05) is 24.4 Å². The van der Waals surface area contributed by atoms with E-state index in [0.29, 0.717) is 6.04 Å². The van der Waals surface area contributed by atoms with Crippen LogP contribution in [0.4, 0.5) is 0 Å².